The summed E-state index contributed by atoms with van der Waals surface area (Å²) in [6.07, 6.45) is 1.80. The van der Waals surface area contributed by atoms with Crippen LogP contribution >= 0.6 is 11.3 Å². The predicted octanol–water partition coefficient (Wildman–Crippen LogP) is 3.62. The molecule has 18 heavy (non-hydrogen) atoms. The average Bonchev–Trinajstić information content (AvgIpc) is 2.85. The Hall–Kier alpha value is -1.26. The maximum absolute atomic E-state index is 13.4. The largest absolute Gasteiger partial charge is 0.302 e. The SMILES string of the molecule is Cc1ccc(CNC(C)(C)c2nccs2)cc1F. The van der Waals surface area contributed by atoms with Crippen LogP contribution in [0.3, 0.4) is 0 Å². The smallest absolute Gasteiger partial charge is 0.126 e. The van der Waals surface area contributed by atoms with E-state index in [4.69, 9.17) is 0 Å². The van der Waals surface area contributed by atoms with Crippen LogP contribution in [0.25, 0.3) is 0 Å². The van der Waals surface area contributed by atoms with E-state index in [-0.39, 0.29) is 11.4 Å². The zero-order valence-electron chi connectivity index (χ0n) is 10.8. The fourth-order valence-corrected chi connectivity index (χ4v) is 2.42. The van der Waals surface area contributed by atoms with Gasteiger partial charge in [-0.15, -0.1) is 11.3 Å². The quantitative estimate of drug-likeness (QED) is 0.912. The standard InChI is InChI=1S/C14H17FN2S/c1-10-4-5-11(8-12(10)15)9-17-14(2,3)13-16-6-7-18-13/h4-8,17H,9H2,1-3H3. The van der Waals surface area contributed by atoms with Gasteiger partial charge in [0.1, 0.15) is 10.8 Å². The second kappa shape index (κ2) is 5.16. The molecule has 0 saturated carbocycles. The average molecular weight is 264 g/mol. The molecule has 0 fully saturated rings. The third kappa shape index (κ3) is 2.94. The van der Waals surface area contributed by atoms with Gasteiger partial charge in [0.05, 0.1) is 5.54 Å². The molecule has 2 rings (SSSR count). The second-order valence-corrected chi connectivity index (χ2v) is 5.79. The summed E-state index contributed by atoms with van der Waals surface area (Å²) in [7, 11) is 0. The van der Waals surface area contributed by atoms with Gasteiger partial charge in [-0.25, -0.2) is 9.37 Å². The zero-order valence-corrected chi connectivity index (χ0v) is 11.6. The van der Waals surface area contributed by atoms with E-state index < -0.39 is 0 Å². The van der Waals surface area contributed by atoms with Crippen molar-refractivity contribution in [2.24, 2.45) is 0 Å². The van der Waals surface area contributed by atoms with Crippen LogP contribution in [0.4, 0.5) is 4.39 Å². The Labute approximate surface area is 111 Å². The summed E-state index contributed by atoms with van der Waals surface area (Å²) in [5.41, 5.74) is 1.43. The number of thiazole rings is 1. The minimum Gasteiger partial charge on any atom is -0.302 e. The molecule has 0 saturated heterocycles. The minimum atomic E-state index is -0.199. The molecular formula is C14H17FN2S. The van der Waals surface area contributed by atoms with E-state index in [0.29, 0.717) is 12.1 Å². The first-order chi connectivity index (χ1) is 8.49. The van der Waals surface area contributed by atoms with Gasteiger partial charge in [0.15, 0.2) is 0 Å². The fourth-order valence-electron chi connectivity index (χ4n) is 1.68. The number of nitrogens with one attached hydrogen (secondary N) is 1. The van der Waals surface area contributed by atoms with E-state index in [2.05, 4.69) is 24.1 Å². The monoisotopic (exact) mass is 264 g/mol. The van der Waals surface area contributed by atoms with Gasteiger partial charge in [0.2, 0.25) is 0 Å². The number of aromatic nitrogens is 1. The summed E-state index contributed by atoms with van der Waals surface area (Å²) in [5.74, 6) is -0.152. The number of hydrogen-bond acceptors (Lipinski definition) is 3. The van der Waals surface area contributed by atoms with Gasteiger partial charge in [-0.3, -0.25) is 0 Å². The minimum absolute atomic E-state index is 0.152. The van der Waals surface area contributed by atoms with Crippen molar-refractivity contribution in [3.8, 4) is 0 Å². The topological polar surface area (TPSA) is 24.9 Å². The Morgan fingerprint density at radius 1 is 1.39 bits per heavy atom. The molecule has 2 aromatic rings. The van der Waals surface area contributed by atoms with E-state index >= 15 is 0 Å². The van der Waals surface area contributed by atoms with E-state index in [9.17, 15) is 4.39 Å². The Kier molecular flexibility index (Phi) is 3.78. The van der Waals surface area contributed by atoms with Gasteiger partial charge in [-0.05, 0) is 38.0 Å². The summed E-state index contributed by atoms with van der Waals surface area (Å²) >= 11 is 1.62. The van der Waals surface area contributed by atoms with Crippen molar-refractivity contribution in [1.82, 2.24) is 10.3 Å². The fraction of sp³-hybridized carbons (Fsp3) is 0.357. The molecule has 0 atom stereocenters. The highest BCUT2D eigenvalue weighted by atomic mass is 32.1. The van der Waals surface area contributed by atoms with Crippen LogP contribution in [-0.2, 0) is 12.1 Å². The third-order valence-electron chi connectivity index (χ3n) is 2.94. The van der Waals surface area contributed by atoms with Crippen LogP contribution in [0.1, 0.15) is 30.0 Å². The third-order valence-corrected chi connectivity index (χ3v) is 4.03. The van der Waals surface area contributed by atoms with Crippen LogP contribution in [-0.4, -0.2) is 4.98 Å². The molecule has 2 nitrogen and oxygen atoms in total. The molecule has 0 aliphatic rings. The zero-order chi connectivity index (χ0) is 13.2. The van der Waals surface area contributed by atoms with Crippen molar-refractivity contribution >= 4 is 11.3 Å². The van der Waals surface area contributed by atoms with Crippen molar-refractivity contribution < 1.29 is 4.39 Å². The summed E-state index contributed by atoms with van der Waals surface area (Å²) in [4.78, 5) is 4.31. The molecule has 0 unspecified atom stereocenters. The molecule has 0 aliphatic carbocycles. The molecule has 1 N–H and O–H groups in total. The molecule has 1 aromatic carbocycles. The first-order valence-electron chi connectivity index (χ1n) is 5.89. The number of rotatable bonds is 4. The molecule has 0 spiro atoms. The number of aryl methyl sites for hydroxylation is 1. The number of hydrogen-bond donors (Lipinski definition) is 1. The molecule has 4 heteroatoms. The van der Waals surface area contributed by atoms with E-state index in [1.807, 2.05) is 17.5 Å². The van der Waals surface area contributed by atoms with Gasteiger partial charge in [0.25, 0.3) is 0 Å². The summed E-state index contributed by atoms with van der Waals surface area (Å²) in [5, 5.41) is 6.41. The summed E-state index contributed by atoms with van der Waals surface area (Å²) < 4.78 is 13.4. The molecule has 0 radical (unpaired) electrons. The molecule has 0 aliphatic heterocycles. The van der Waals surface area contributed by atoms with Crippen LogP contribution in [0, 0.1) is 12.7 Å². The van der Waals surface area contributed by atoms with Crippen LogP contribution in [0.2, 0.25) is 0 Å². The van der Waals surface area contributed by atoms with Crippen LogP contribution < -0.4 is 5.32 Å². The molecule has 0 bridgehead atoms. The Balaban J connectivity index is 2.05. The first kappa shape index (κ1) is 13.2. The van der Waals surface area contributed by atoms with Gasteiger partial charge < -0.3 is 5.32 Å². The maximum Gasteiger partial charge on any atom is 0.126 e. The predicted molar refractivity (Wildman–Crippen MR) is 73.1 cm³/mol. The van der Waals surface area contributed by atoms with Crippen LogP contribution in [0.15, 0.2) is 29.8 Å². The lowest BCUT2D eigenvalue weighted by Gasteiger charge is -2.24. The lowest BCUT2D eigenvalue weighted by atomic mass is 10.1. The number of nitrogens with zero attached hydrogens (tertiary/aromatic N) is 1. The van der Waals surface area contributed by atoms with Gasteiger partial charge in [-0.1, -0.05) is 12.1 Å². The second-order valence-electron chi connectivity index (χ2n) is 4.90. The normalized spacial score (nSPS) is 11.8. The van der Waals surface area contributed by atoms with Crippen molar-refractivity contribution in [2.75, 3.05) is 0 Å². The Bertz CT molecular complexity index is 521. The lowest BCUT2D eigenvalue weighted by molar-refractivity contribution is 0.399. The maximum atomic E-state index is 13.4. The Morgan fingerprint density at radius 2 is 2.17 bits per heavy atom. The van der Waals surface area contributed by atoms with Gasteiger partial charge in [-0.2, -0.15) is 0 Å². The molecule has 1 heterocycles. The van der Waals surface area contributed by atoms with Crippen LogP contribution in [0.5, 0.6) is 0 Å². The molecule has 0 amide bonds. The molecular weight excluding hydrogens is 247 g/mol. The lowest BCUT2D eigenvalue weighted by Crippen LogP contribution is -2.35. The Morgan fingerprint density at radius 3 is 2.78 bits per heavy atom. The van der Waals surface area contributed by atoms with Crippen molar-refractivity contribution in [3.63, 3.8) is 0 Å². The summed E-state index contributed by atoms with van der Waals surface area (Å²) in [6.45, 7) is 6.56. The molecule has 1 aromatic heterocycles. The highest BCUT2D eigenvalue weighted by Gasteiger charge is 2.22. The van der Waals surface area contributed by atoms with E-state index in [0.717, 1.165) is 10.6 Å². The first-order valence-corrected chi connectivity index (χ1v) is 6.77. The van der Waals surface area contributed by atoms with E-state index in [1.54, 1.807) is 30.5 Å². The highest BCUT2D eigenvalue weighted by Crippen LogP contribution is 2.22. The molecule has 96 valence electrons. The van der Waals surface area contributed by atoms with Crippen molar-refractivity contribution in [3.05, 3.63) is 51.7 Å². The van der Waals surface area contributed by atoms with Crippen molar-refractivity contribution in [2.45, 2.75) is 32.9 Å². The van der Waals surface area contributed by atoms with Gasteiger partial charge in [0, 0.05) is 18.1 Å². The van der Waals surface area contributed by atoms with E-state index in [1.165, 1.54) is 0 Å². The summed E-state index contributed by atoms with van der Waals surface area (Å²) in [6, 6.07) is 5.34. The van der Waals surface area contributed by atoms with Crippen molar-refractivity contribution in [1.29, 1.82) is 0 Å². The number of benzene rings is 1. The number of halogens is 1. The highest BCUT2D eigenvalue weighted by molar-refractivity contribution is 7.09. The van der Waals surface area contributed by atoms with Gasteiger partial charge >= 0.3 is 0 Å².